The average molecular weight is 375 g/mol. The second-order valence-corrected chi connectivity index (χ2v) is 5.93. The number of benzene rings is 2. The first-order valence-electron chi connectivity index (χ1n) is 8.06. The van der Waals surface area contributed by atoms with Gasteiger partial charge in [0.15, 0.2) is 0 Å². The monoisotopic (exact) mass is 374 g/mol. The van der Waals surface area contributed by atoms with E-state index < -0.39 is 5.97 Å². The zero-order valence-corrected chi connectivity index (χ0v) is 15.0. The highest BCUT2D eigenvalue weighted by molar-refractivity contribution is 6.30. The first kappa shape index (κ1) is 19.5. The Morgan fingerprint density at radius 3 is 2.08 bits per heavy atom. The molecule has 136 valence electrons. The predicted octanol–water partition coefficient (Wildman–Crippen LogP) is 2.82. The van der Waals surface area contributed by atoms with Crippen LogP contribution >= 0.6 is 11.6 Å². The van der Waals surface area contributed by atoms with E-state index in [1.807, 2.05) is 0 Å². The molecule has 0 atom stereocenters. The Morgan fingerprint density at radius 1 is 0.923 bits per heavy atom. The van der Waals surface area contributed by atoms with Crippen molar-refractivity contribution in [3.05, 3.63) is 64.7 Å². The Hall–Kier alpha value is -2.86. The second kappa shape index (κ2) is 9.58. The molecule has 0 bridgehead atoms. The van der Waals surface area contributed by atoms with Crippen molar-refractivity contribution in [2.24, 2.45) is 0 Å². The predicted molar refractivity (Wildman–Crippen MR) is 98.5 cm³/mol. The number of esters is 1. The third-order valence-corrected chi connectivity index (χ3v) is 3.60. The van der Waals surface area contributed by atoms with Gasteiger partial charge in [-0.2, -0.15) is 0 Å². The van der Waals surface area contributed by atoms with E-state index in [1.54, 1.807) is 42.5 Å². The molecule has 0 saturated carbocycles. The first-order chi connectivity index (χ1) is 12.5. The zero-order valence-electron chi connectivity index (χ0n) is 14.3. The molecule has 26 heavy (non-hydrogen) atoms. The van der Waals surface area contributed by atoms with Crippen molar-refractivity contribution in [3.63, 3.8) is 0 Å². The number of rotatable bonds is 7. The fourth-order valence-electron chi connectivity index (χ4n) is 2.19. The molecule has 6 nitrogen and oxygen atoms in total. The smallest absolute Gasteiger partial charge is 0.308 e. The van der Waals surface area contributed by atoms with Gasteiger partial charge in [-0.15, -0.1) is 0 Å². The molecule has 0 aromatic heterocycles. The van der Waals surface area contributed by atoms with E-state index in [9.17, 15) is 14.4 Å². The maximum absolute atomic E-state index is 12.1. The lowest BCUT2D eigenvalue weighted by Gasteiger charge is -2.08. The van der Waals surface area contributed by atoms with Crippen molar-refractivity contribution in [2.75, 3.05) is 13.1 Å². The van der Waals surface area contributed by atoms with Gasteiger partial charge in [-0.3, -0.25) is 14.4 Å². The molecule has 0 aliphatic rings. The van der Waals surface area contributed by atoms with Crippen LogP contribution in [-0.4, -0.2) is 30.9 Å². The third-order valence-electron chi connectivity index (χ3n) is 3.37. The van der Waals surface area contributed by atoms with E-state index in [0.717, 1.165) is 0 Å². The van der Waals surface area contributed by atoms with Crippen molar-refractivity contribution in [1.82, 2.24) is 10.6 Å². The molecule has 2 N–H and O–H groups in total. The summed E-state index contributed by atoms with van der Waals surface area (Å²) in [4.78, 5) is 35.0. The molecule has 0 radical (unpaired) electrons. The Kier molecular flexibility index (Phi) is 7.17. The van der Waals surface area contributed by atoms with Crippen LogP contribution in [0.2, 0.25) is 5.02 Å². The summed E-state index contributed by atoms with van der Waals surface area (Å²) >= 11 is 5.85. The van der Waals surface area contributed by atoms with Gasteiger partial charge in [0.2, 0.25) is 0 Å². The van der Waals surface area contributed by atoms with Gasteiger partial charge in [-0.1, -0.05) is 23.7 Å². The highest BCUT2D eigenvalue weighted by atomic mass is 35.5. The second-order valence-electron chi connectivity index (χ2n) is 5.50. The molecule has 0 heterocycles. The van der Waals surface area contributed by atoms with Crippen molar-refractivity contribution in [2.45, 2.75) is 13.3 Å². The van der Waals surface area contributed by atoms with Gasteiger partial charge in [0.1, 0.15) is 5.75 Å². The Labute approximate surface area is 156 Å². The van der Waals surface area contributed by atoms with Crippen LogP contribution in [0.25, 0.3) is 0 Å². The van der Waals surface area contributed by atoms with E-state index in [2.05, 4.69) is 10.6 Å². The normalized spacial score (nSPS) is 10.1. The molecule has 0 unspecified atom stereocenters. The van der Waals surface area contributed by atoms with Crippen LogP contribution in [0, 0.1) is 0 Å². The molecule has 0 aliphatic carbocycles. The van der Waals surface area contributed by atoms with E-state index in [4.69, 9.17) is 16.3 Å². The summed E-state index contributed by atoms with van der Waals surface area (Å²) in [6.07, 6.45) is 0.571. The van der Waals surface area contributed by atoms with E-state index in [0.29, 0.717) is 41.4 Å². The SMILES string of the molecule is CC(=O)Oc1cccc(C(=O)NCCCNC(=O)c2cccc(Cl)c2)c1. The number of carbonyl (C=O) groups is 3. The van der Waals surface area contributed by atoms with Gasteiger partial charge in [0.25, 0.3) is 11.8 Å². The van der Waals surface area contributed by atoms with Crippen molar-refractivity contribution in [1.29, 1.82) is 0 Å². The standard InChI is InChI=1S/C19H19ClN2O4/c1-13(23)26-17-8-3-6-15(12-17)19(25)22-10-4-9-21-18(24)14-5-2-7-16(20)11-14/h2-3,5-8,11-12H,4,9-10H2,1H3,(H,21,24)(H,22,25). The highest BCUT2D eigenvalue weighted by Crippen LogP contribution is 2.13. The maximum Gasteiger partial charge on any atom is 0.308 e. The van der Waals surface area contributed by atoms with Crippen LogP contribution in [0.3, 0.4) is 0 Å². The number of carbonyl (C=O) groups excluding carboxylic acids is 3. The minimum Gasteiger partial charge on any atom is -0.427 e. The Morgan fingerprint density at radius 2 is 1.50 bits per heavy atom. The molecule has 0 saturated heterocycles. The van der Waals surface area contributed by atoms with Crippen LogP contribution < -0.4 is 15.4 Å². The van der Waals surface area contributed by atoms with Crippen LogP contribution in [0.1, 0.15) is 34.1 Å². The molecule has 0 aliphatic heterocycles. The van der Waals surface area contributed by atoms with Gasteiger partial charge in [0, 0.05) is 36.2 Å². The lowest BCUT2D eigenvalue weighted by atomic mass is 10.2. The summed E-state index contributed by atoms with van der Waals surface area (Å²) in [5, 5.41) is 6.02. The molecular weight excluding hydrogens is 356 g/mol. The number of amides is 2. The van der Waals surface area contributed by atoms with Crippen LogP contribution in [0.4, 0.5) is 0 Å². The summed E-state index contributed by atoms with van der Waals surface area (Å²) in [6, 6.07) is 13.0. The Balaban J connectivity index is 1.73. The number of ether oxygens (including phenoxy) is 1. The minimum atomic E-state index is -0.446. The summed E-state index contributed by atoms with van der Waals surface area (Å²) < 4.78 is 4.95. The highest BCUT2D eigenvalue weighted by Gasteiger charge is 2.08. The molecular formula is C19H19ClN2O4. The number of hydrogen-bond donors (Lipinski definition) is 2. The minimum absolute atomic E-state index is 0.215. The fraction of sp³-hybridized carbons (Fsp3) is 0.211. The van der Waals surface area contributed by atoms with Gasteiger partial charge < -0.3 is 15.4 Å². The topological polar surface area (TPSA) is 84.5 Å². The van der Waals surface area contributed by atoms with Gasteiger partial charge >= 0.3 is 5.97 Å². The molecule has 0 spiro atoms. The lowest BCUT2D eigenvalue weighted by Crippen LogP contribution is -2.29. The summed E-state index contributed by atoms with van der Waals surface area (Å²) in [6.45, 7) is 2.11. The lowest BCUT2D eigenvalue weighted by molar-refractivity contribution is -0.131. The molecule has 2 amide bonds. The quantitative estimate of drug-likeness (QED) is 0.443. The molecule has 0 fully saturated rings. The third kappa shape index (κ3) is 6.22. The van der Waals surface area contributed by atoms with Crippen LogP contribution in [-0.2, 0) is 4.79 Å². The molecule has 2 aromatic rings. The van der Waals surface area contributed by atoms with E-state index in [-0.39, 0.29) is 11.8 Å². The Bertz CT molecular complexity index is 808. The average Bonchev–Trinajstić information content (AvgIpc) is 2.60. The first-order valence-corrected chi connectivity index (χ1v) is 8.44. The van der Waals surface area contributed by atoms with E-state index in [1.165, 1.54) is 13.0 Å². The number of nitrogens with one attached hydrogen (secondary N) is 2. The maximum atomic E-state index is 12.1. The summed E-state index contributed by atoms with van der Waals surface area (Å²) in [5.41, 5.74) is 0.885. The van der Waals surface area contributed by atoms with Crippen molar-refractivity contribution in [3.8, 4) is 5.75 Å². The number of halogens is 1. The molecule has 2 rings (SSSR count). The van der Waals surface area contributed by atoms with Crippen molar-refractivity contribution >= 4 is 29.4 Å². The number of hydrogen-bond acceptors (Lipinski definition) is 4. The van der Waals surface area contributed by atoms with Gasteiger partial charge in [-0.25, -0.2) is 0 Å². The van der Waals surface area contributed by atoms with Crippen LogP contribution in [0.5, 0.6) is 5.75 Å². The van der Waals surface area contributed by atoms with Crippen molar-refractivity contribution < 1.29 is 19.1 Å². The van der Waals surface area contributed by atoms with Crippen LogP contribution in [0.15, 0.2) is 48.5 Å². The summed E-state index contributed by atoms with van der Waals surface area (Å²) in [5.74, 6) is -0.620. The summed E-state index contributed by atoms with van der Waals surface area (Å²) in [7, 11) is 0. The largest absolute Gasteiger partial charge is 0.427 e. The molecule has 2 aromatic carbocycles. The van der Waals surface area contributed by atoms with Gasteiger partial charge in [-0.05, 0) is 42.8 Å². The zero-order chi connectivity index (χ0) is 18.9. The molecule has 7 heteroatoms. The van der Waals surface area contributed by atoms with Gasteiger partial charge in [0.05, 0.1) is 0 Å². The van der Waals surface area contributed by atoms with E-state index >= 15 is 0 Å². The fourth-order valence-corrected chi connectivity index (χ4v) is 2.38.